The molecule has 1 heterocycles. The van der Waals surface area contributed by atoms with Crippen molar-refractivity contribution in [3.63, 3.8) is 0 Å². The number of primary amides is 1. The molecule has 0 saturated carbocycles. The number of aromatic nitrogens is 1. The van der Waals surface area contributed by atoms with Crippen LogP contribution in [0.2, 0.25) is 0 Å². The number of hydrogen-bond donors (Lipinski definition) is 1. The SMILES string of the molecule is COc1ccccc1-c1ncccc1C(N)=O. The quantitative estimate of drug-likeness (QED) is 0.871. The van der Waals surface area contributed by atoms with Gasteiger partial charge in [-0.2, -0.15) is 0 Å². The fourth-order valence-corrected chi connectivity index (χ4v) is 1.66. The first-order valence-corrected chi connectivity index (χ1v) is 5.12. The summed E-state index contributed by atoms with van der Waals surface area (Å²) < 4.78 is 5.24. The molecule has 0 atom stereocenters. The topological polar surface area (TPSA) is 65.2 Å². The van der Waals surface area contributed by atoms with Crippen molar-refractivity contribution >= 4 is 5.91 Å². The lowest BCUT2D eigenvalue weighted by atomic mass is 10.0. The zero-order valence-corrected chi connectivity index (χ0v) is 9.38. The molecule has 0 aliphatic heterocycles. The second kappa shape index (κ2) is 4.65. The highest BCUT2D eigenvalue weighted by Crippen LogP contribution is 2.29. The van der Waals surface area contributed by atoms with Crippen molar-refractivity contribution in [2.75, 3.05) is 7.11 Å². The third kappa shape index (κ3) is 2.10. The molecule has 0 radical (unpaired) electrons. The van der Waals surface area contributed by atoms with Gasteiger partial charge < -0.3 is 10.5 Å². The minimum absolute atomic E-state index is 0.386. The number of carbonyl (C=O) groups is 1. The molecule has 2 rings (SSSR count). The van der Waals surface area contributed by atoms with Gasteiger partial charge >= 0.3 is 0 Å². The monoisotopic (exact) mass is 228 g/mol. The van der Waals surface area contributed by atoms with Crippen LogP contribution in [-0.4, -0.2) is 18.0 Å². The summed E-state index contributed by atoms with van der Waals surface area (Å²) in [7, 11) is 1.58. The molecule has 2 aromatic rings. The molecule has 2 N–H and O–H groups in total. The summed E-state index contributed by atoms with van der Waals surface area (Å²) in [5, 5.41) is 0. The minimum Gasteiger partial charge on any atom is -0.496 e. The predicted molar refractivity (Wildman–Crippen MR) is 64.7 cm³/mol. The van der Waals surface area contributed by atoms with E-state index in [0.717, 1.165) is 5.56 Å². The Morgan fingerprint density at radius 2 is 2.00 bits per heavy atom. The summed E-state index contributed by atoms with van der Waals surface area (Å²) in [5.74, 6) is 0.160. The summed E-state index contributed by atoms with van der Waals surface area (Å²) in [6.45, 7) is 0. The average Bonchev–Trinajstić information content (AvgIpc) is 2.38. The summed E-state index contributed by atoms with van der Waals surface area (Å²) in [5.41, 5.74) is 7.00. The number of amides is 1. The largest absolute Gasteiger partial charge is 0.496 e. The van der Waals surface area contributed by atoms with E-state index in [1.54, 1.807) is 25.4 Å². The number of rotatable bonds is 3. The Morgan fingerprint density at radius 1 is 1.24 bits per heavy atom. The first kappa shape index (κ1) is 11.1. The number of methoxy groups -OCH3 is 1. The number of carbonyl (C=O) groups excluding carboxylic acids is 1. The summed E-state index contributed by atoms with van der Waals surface area (Å²) >= 11 is 0. The van der Waals surface area contributed by atoms with Gasteiger partial charge in [-0.3, -0.25) is 9.78 Å². The maximum atomic E-state index is 11.3. The van der Waals surface area contributed by atoms with Crippen LogP contribution in [0.15, 0.2) is 42.6 Å². The van der Waals surface area contributed by atoms with Crippen LogP contribution in [0.5, 0.6) is 5.75 Å². The van der Waals surface area contributed by atoms with E-state index in [2.05, 4.69) is 4.98 Å². The molecule has 4 heteroatoms. The van der Waals surface area contributed by atoms with E-state index in [-0.39, 0.29) is 0 Å². The molecule has 0 fully saturated rings. The number of para-hydroxylation sites is 1. The number of benzene rings is 1. The van der Waals surface area contributed by atoms with Gasteiger partial charge in [0, 0.05) is 11.8 Å². The molecular formula is C13H12N2O2. The van der Waals surface area contributed by atoms with Crippen LogP contribution in [0.25, 0.3) is 11.3 Å². The van der Waals surface area contributed by atoms with Crippen LogP contribution in [-0.2, 0) is 0 Å². The van der Waals surface area contributed by atoms with E-state index < -0.39 is 5.91 Å². The van der Waals surface area contributed by atoms with E-state index in [4.69, 9.17) is 10.5 Å². The molecule has 1 amide bonds. The zero-order chi connectivity index (χ0) is 12.3. The normalized spacial score (nSPS) is 9.94. The molecular weight excluding hydrogens is 216 g/mol. The van der Waals surface area contributed by atoms with Crippen molar-refractivity contribution in [1.82, 2.24) is 4.98 Å². The molecule has 1 aromatic carbocycles. The fraction of sp³-hybridized carbons (Fsp3) is 0.0769. The second-order valence-electron chi connectivity index (χ2n) is 3.46. The van der Waals surface area contributed by atoms with Crippen LogP contribution >= 0.6 is 0 Å². The Kier molecular flexibility index (Phi) is 3.05. The van der Waals surface area contributed by atoms with Crippen molar-refractivity contribution in [2.24, 2.45) is 5.73 Å². The van der Waals surface area contributed by atoms with Crippen LogP contribution in [0.3, 0.4) is 0 Å². The number of pyridine rings is 1. The van der Waals surface area contributed by atoms with E-state index in [1.165, 1.54) is 0 Å². The maximum absolute atomic E-state index is 11.3. The Labute approximate surface area is 99.1 Å². The van der Waals surface area contributed by atoms with Gasteiger partial charge in [0.1, 0.15) is 5.75 Å². The first-order chi connectivity index (χ1) is 8.24. The van der Waals surface area contributed by atoms with Crippen molar-refractivity contribution < 1.29 is 9.53 Å². The second-order valence-corrected chi connectivity index (χ2v) is 3.46. The Hall–Kier alpha value is -2.36. The zero-order valence-electron chi connectivity index (χ0n) is 9.38. The van der Waals surface area contributed by atoms with Gasteiger partial charge in [0.15, 0.2) is 0 Å². The number of nitrogens with two attached hydrogens (primary N) is 1. The number of ether oxygens (including phenoxy) is 1. The van der Waals surface area contributed by atoms with E-state index >= 15 is 0 Å². The third-order valence-electron chi connectivity index (χ3n) is 2.44. The molecule has 86 valence electrons. The first-order valence-electron chi connectivity index (χ1n) is 5.12. The lowest BCUT2D eigenvalue weighted by Gasteiger charge is -2.09. The highest BCUT2D eigenvalue weighted by atomic mass is 16.5. The van der Waals surface area contributed by atoms with Crippen LogP contribution in [0.4, 0.5) is 0 Å². The van der Waals surface area contributed by atoms with Gasteiger partial charge in [-0.1, -0.05) is 12.1 Å². The Balaban J connectivity index is 2.64. The molecule has 1 aromatic heterocycles. The van der Waals surface area contributed by atoms with Gasteiger partial charge in [0.05, 0.1) is 18.4 Å². The molecule has 0 aliphatic carbocycles. The number of nitrogens with zero attached hydrogens (tertiary/aromatic N) is 1. The predicted octanol–water partition coefficient (Wildman–Crippen LogP) is 1.86. The van der Waals surface area contributed by atoms with Gasteiger partial charge in [-0.25, -0.2) is 0 Å². The minimum atomic E-state index is -0.501. The van der Waals surface area contributed by atoms with Gasteiger partial charge in [0.25, 0.3) is 5.91 Å². The molecule has 0 bridgehead atoms. The smallest absolute Gasteiger partial charge is 0.250 e. The highest BCUT2D eigenvalue weighted by Gasteiger charge is 2.13. The summed E-state index contributed by atoms with van der Waals surface area (Å²) in [6, 6.07) is 10.7. The summed E-state index contributed by atoms with van der Waals surface area (Å²) in [4.78, 5) is 15.5. The molecule has 0 unspecified atom stereocenters. The fourth-order valence-electron chi connectivity index (χ4n) is 1.66. The third-order valence-corrected chi connectivity index (χ3v) is 2.44. The van der Waals surface area contributed by atoms with Crippen LogP contribution < -0.4 is 10.5 Å². The van der Waals surface area contributed by atoms with Crippen LogP contribution in [0.1, 0.15) is 10.4 Å². The number of hydrogen-bond acceptors (Lipinski definition) is 3. The molecule has 4 nitrogen and oxygen atoms in total. The van der Waals surface area contributed by atoms with E-state index in [9.17, 15) is 4.79 Å². The van der Waals surface area contributed by atoms with E-state index in [0.29, 0.717) is 17.0 Å². The maximum Gasteiger partial charge on any atom is 0.250 e. The Bertz CT molecular complexity index is 553. The van der Waals surface area contributed by atoms with Crippen molar-refractivity contribution in [3.8, 4) is 17.0 Å². The lowest BCUT2D eigenvalue weighted by molar-refractivity contribution is 0.100. The van der Waals surface area contributed by atoms with Crippen LogP contribution in [0, 0.1) is 0 Å². The van der Waals surface area contributed by atoms with Gasteiger partial charge in [0.2, 0.25) is 0 Å². The van der Waals surface area contributed by atoms with Crippen molar-refractivity contribution in [3.05, 3.63) is 48.2 Å². The Morgan fingerprint density at radius 3 is 2.71 bits per heavy atom. The average molecular weight is 228 g/mol. The molecule has 0 saturated heterocycles. The molecule has 17 heavy (non-hydrogen) atoms. The standard InChI is InChI=1S/C13H12N2O2/c1-17-11-7-3-2-5-9(11)12-10(13(14)16)6-4-8-15-12/h2-8H,1H3,(H2,14,16). The van der Waals surface area contributed by atoms with E-state index in [1.807, 2.05) is 24.3 Å². The molecule has 0 spiro atoms. The van der Waals surface area contributed by atoms with Crippen molar-refractivity contribution in [1.29, 1.82) is 0 Å². The lowest BCUT2D eigenvalue weighted by Crippen LogP contribution is -2.13. The highest BCUT2D eigenvalue weighted by molar-refractivity contribution is 5.99. The van der Waals surface area contributed by atoms with Gasteiger partial charge in [-0.15, -0.1) is 0 Å². The summed E-state index contributed by atoms with van der Waals surface area (Å²) in [6.07, 6.45) is 1.62. The van der Waals surface area contributed by atoms with Gasteiger partial charge in [-0.05, 0) is 24.3 Å². The van der Waals surface area contributed by atoms with Crippen molar-refractivity contribution in [2.45, 2.75) is 0 Å². The molecule has 0 aliphatic rings.